The van der Waals surface area contributed by atoms with Crippen LogP contribution in [0.4, 0.5) is 32.3 Å². The molecule has 4 rings (SSSR count). The highest BCUT2D eigenvalue weighted by Crippen LogP contribution is 2.40. The van der Waals surface area contributed by atoms with Gasteiger partial charge in [-0.05, 0) is 56.3 Å². The predicted octanol–water partition coefficient (Wildman–Crippen LogP) is 5.21. The van der Waals surface area contributed by atoms with Gasteiger partial charge in [-0.25, -0.2) is 0 Å². The Morgan fingerprint density at radius 1 is 1.12 bits per heavy atom. The Hall–Kier alpha value is -3.02. The highest BCUT2D eigenvalue weighted by atomic mass is 19.4. The van der Waals surface area contributed by atoms with Gasteiger partial charge in [0.25, 0.3) is 0 Å². The number of hydrogen-bond donors (Lipinski definition) is 1. The minimum absolute atomic E-state index is 0.0302. The van der Waals surface area contributed by atoms with Gasteiger partial charge in [0.1, 0.15) is 11.4 Å². The maximum Gasteiger partial charge on any atom is 0.573 e. The van der Waals surface area contributed by atoms with Crippen molar-refractivity contribution in [1.82, 2.24) is 19.5 Å². The number of likely N-dealkylation sites (N-methyl/N-ethyl adjacent to an activating group) is 1. The van der Waals surface area contributed by atoms with Crippen molar-refractivity contribution in [3.8, 4) is 17.0 Å². The molecule has 0 aliphatic carbocycles. The summed E-state index contributed by atoms with van der Waals surface area (Å²) >= 11 is 0. The Morgan fingerprint density at radius 2 is 1.91 bits per heavy atom. The van der Waals surface area contributed by atoms with E-state index < -0.39 is 23.9 Å². The molecule has 1 aliphatic rings. The van der Waals surface area contributed by atoms with Gasteiger partial charge in [-0.1, -0.05) is 6.92 Å². The lowest BCUT2D eigenvalue weighted by Gasteiger charge is -2.32. The summed E-state index contributed by atoms with van der Waals surface area (Å²) < 4.78 is 83.6. The highest BCUT2D eigenvalue weighted by molar-refractivity contribution is 5.81. The van der Waals surface area contributed by atoms with Crippen molar-refractivity contribution in [1.29, 1.82) is 0 Å². The number of alkyl halides is 6. The summed E-state index contributed by atoms with van der Waals surface area (Å²) in [6.45, 7) is 4.81. The van der Waals surface area contributed by atoms with Crippen LogP contribution in [0.2, 0.25) is 0 Å². The standard InChI is InChI=1S/C21H21F6N5O/c1-2-31-9-3-5-14(12-31)28-19-30-29-18(16-6-4-10-32(16)19)15-8-7-13(20(22,23)24)11-17(15)33-21(25,26)27/h4,6-8,10-11,14H,2-3,5,9,12H2,1H3,(H,28,30)/t14-/m1/s1. The molecule has 12 heteroatoms. The van der Waals surface area contributed by atoms with Gasteiger partial charge in [0.05, 0.1) is 11.1 Å². The first kappa shape index (κ1) is 23.1. The van der Waals surface area contributed by atoms with Gasteiger partial charge in [0, 0.05) is 24.3 Å². The molecule has 1 aliphatic heterocycles. The smallest absolute Gasteiger partial charge is 0.405 e. The quantitative estimate of drug-likeness (QED) is 0.516. The fourth-order valence-electron chi connectivity index (χ4n) is 3.99. The number of fused-ring (bicyclic) bond motifs is 1. The molecule has 3 aromatic rings. The van der Waals surface area contributed by atoms with E-state index in [0.29, 0.717) is 23.6 Å². The van der Waals surface area contributed by atoms with Crippen molar-refractivity contribution in [2.45, 2.75) is 38.3 Å². The lowest BCUT2D eigenvalue weighted by atomic mass is 10.1. The van der Waals surface area contributed by atoms with Crippen LogP contribution >= 0.6 is 0 Å². The number of piperidine rings is 1. The van der Waals surface area contributed by atoms with E-state index in [4.69, 9.17) is 0 Å². The van der Waals surface area contributed by atoms with Gasteiger partial charge >= 0.3 is 12.5 Å². The molecule has 33 heavy (non-hydrogen) atoms. The number of nitrogens with one attached hydrogen (secondary N) is 1. The molecule has 0 amide bonds. The lowest BCUT2D eigenvalue weighted by Crippen LogP contribution is -2.42. The van der Waals surface area contributed by atoms with E-state index in [1.54, 1.807) is 22.7 Å². The average Bonchev–Trinajstić information content (AvgIpc) is 3.23. The summed E-state index contributed by atoms with van der Waals surface area (Å²) in [7, 11) is 0. The molecule has 1 fully saturated rings. The second-order valence-electron chi connectivity index (χ2n) is 7.77. The van der Waals surface area contributed by atoms with Crippen molar-refractivity contribution in [3.05, 3.63) is 42.1 Å². The normalized spacial score (nSPS) is 18.0. The number of anilines is 1. The van der Waals surface area contributed by atoms with Gasteiger partial charge in [-0.2, -0.15) is 13.2 Å². The summed E-state index contributed by atoms with van der Waals surface area (Å²) in [4.78, 5) is 2.29. The molecule has 3 heterocycles. The molecule has 0 unspecified atom stereocenters. The number of nitrogens with zero attached hydrogens (tertiary/aromatic N) is 4. The average molecular weight is 473 g/mol. The number of ether oxygens (including phenoxy) is 1. The van der Waals surface area contributed by atoms with Crippen molar-refractivity contribution >= 4 is 11.5 Å². The number of hydrogen-bond acceptors (Lipinski definition) is 5. The number of rotatable bonds is 5. The lowest BCUT2D eigenvalue weighted by molar-refractivity contribution is -0.274. The van der Waals surface area contributed by atoms with Crippen LogP contribution < -0.4 is 10.1 Å². The van der Waals surface area contributed by atoms with E-state index in [0.717, 1.165) is 38.5 Å². The maximum absolute atomic E-state index is 13.1. The minimum Gasteiger partial charge on any atom is -0.405 e. The van der Waals surface area contributed by atoms with Crippen LogP contribution in [-0.4, -0.2) is 51.5 Å². The van der Waals surface area contributed by atoms with Crippen LogP contribution in [0.25, 0.3) is 16.8 Å². The van der Waals surface area contributed by atoms with E-state index in [2.05, 4.69) is 32.1 Å². The van der Waals surface area contributed by atoms with Crippen LogP contribution in [0.5, 0.6) is 5.75 Å². The van der Waals surface area contributed by atoms with E-state index in [1.165, 1.54) is 0 Å². The molecule has 1 aromatic carbocycles. The zero-order valence-corrected chi connectivity index (χ0v) is 17.5. The first-order valence-electron chi connectivity index (χ1n) is 10.3. The Bertz CT molecular complexity index is 1130. The van der Waals surface area contributed by atoms with Crippen molar-refractivity contribution in [2.24, 2.45) is 0 Å². The number of aromatic nitrogens is 3. The van der Waals surface area contributed by atoms with Crippen molar-refractivity contribution in [2.75, 3.05) is 25.0 Å². The van der Waals surface area contributed by atoms with Gasteiger partial charge in [0.15, 0.2) is 0 Å². The zero-order chi connectivity index (χ0) is 23.8. The van der Waals surface area contributed by atoms with Crippen LogP contribution in [0, 0.1) is 0 Å². The maximum atomic E-state index is 13.1. The fourth-order valence-corrected chi connectivity index (χ4v) is 3.99. The van der Waals surface area contributed by atoms with Crippen LogP contribution in [-0.2, 0) is 6.18 Å². The Kier molecular flexibility index (Phi) is 6.12. The van der Waals surface area contributed by atoms with Crippen LogP contribution in [0.15, 0.2) is 36.5 Å². The largest absolute Gasteiger partial charge is 0.573 e. The van der Waals surface area contributed by atoms with E-state index in [-0.39, 0.29) is 17.3 Å². The molecule has 6 nitrogen and oxygen atoms in total. The molecular weight excluding hydrogens is 452 g/mol. The predicted molar refractivity (Wildman–Crippen MR) is 109 cm³/mol. The third-order valence-corrected chi connectivity index (χ3v) is 5.54. The third-order valence-electron chi connectivity index (χ3n) is 5.54. The molecule has 1 N–H and O–H groups in total. The summed E-state index contributed by atoms with van der Waals surface area (Å²) in [5.74, 6) is -0.604. The first-order chi connectivity index (χ1) is 15.5. The molecule has 1 saturated heterocycles. The fraction of sp³-hybridized carbons (Fsp3) is 0.429. The van der Waals surface area contributed by atoms with Gasteiger partial charge in [0.2, 0.25) is 5.95 Å². The van der Waals surface area contributed by atoms with E-state index in [9.17, 15) is 26.3 Å². The summed E-state index contributed by atoms with van der Waals surface area (Å²) in [5, 5.41) is 11.5. The molecule has 0 saturated carbocycles. The van der Waals surface area contributed by atoms with Crippen LogP contribution in [0.3, 0.4) is 0 Å². The molecular formula is C21H21F6N5O. The molecule has 0 radical (unpaired) electrons. The molecule has 178 valence electrons. The first-order valence-corrected chi connectivity index (χ1v) is 10.3. The van der Waals surface area contributed by atoms with Crippen LogP contribution in [0.1, 0.15) is 25.3 Å². The monoisotopic (exact) mass is 473 g/mol. The minimum atomic E-state index is -5.18. The molecule has 0 bridgehead atoms. The molecule has 0 spiro atoms. The van der Waals surface area contributed by atoms with E-state index >= 15 is 0 Å². The number of halogens is 6. The van der Waals surface area contributed by atoms with E-state index in [1.807, 2.05) is 0 Å². The third kappa shape index (κ3) is 5.15. The molecule has 2 aromatic heterocycles. The SMILES string of the molecule is CCN1CCC[C@@H](Nc2nnc(-c3ccc(C(F)(F)F)cc3OC(F)(F)F)c3cccn23)C1. The van der Waals surface area contributed by atoms with Crippen molar-refractivity contribution < 1.29 is 31.1 Å². The Labute approximate surface area is 185 Å². The second-order valence-corrected chi connectivity index (χ2v) is 7.77. The van der Waals surface area contributed by atoms with Gasteiger partial charge in [-0.3, -0.25) is 4.40 Å². The summed E-state index contributed by atoms with van der Waals surface area (Å²) in [6, 6.07) is 5.28. The number of benzene rings is 1. The molecule has 1 atom stereocenters. The van der Waals surface area contributed by atoms with Gasteiger partial charge in [-0.15, -0.1) is 23.4 Å². The summed E-state index contributed by atoms with van der Waals surface area (Å²) in [5.41, 5.74) is -1.17. The topological polar surface area (TPSA) is 54.7 Å². The number of likely N-dealkylation sites (tertiary alicyclic amines) is 1. The van der Waals surface area contributed by atoms with Gasteiger partial charge < -0.3 is 15.0 Å². The highest BCUT2D eigenvalue weighted by Gasteiger charge is 2.36. The zero-order valence-electron chi connectivity index (χ0n) is 17.5. The summed E-state index contributed by atoms with van der Waals surface area (Å²) in [6.07, 6.45) is -6.43. The second kappa shape index (κ2) is 8.73. The Morgan fingerprint density at radius 3 is 2.61 bits per heavy atom. The van der Waals surface area contributed by atoms with Crippen molar-refractivity contribution in [3.63, 3.8) is 0 Å². The Balaban J connectivity index is 1.73.